The van der Waals surface area contributed by atoms with Crippen LogP contribution in [0, 0.1) is 6.92 Å². The zero-order valence-corrected chi connectivity index (χ0v) is 13.5. The molecule has 3 rings (SSSR count). The van der Waals surface area contributed by atoms with Gasteiger partial charge < -0.3 is 14.8 Å². The number of aromatic nitrogens is 3. The van der Waals surface area contributed by atoms with Gasteiger partial charge in [-0.15, -0.1) is 0 Å². The Bertz CT molecular complexity index is 891. The highest BCUT2D eigenvalue weighted by atomic mass is 32.2. The molecule has 7 nitrogen and oxygen atoms in total. The van der Waals surface area contributed by atoms with Gasteiger partial charge in [0.25, 0.3) is 5.56 Å². The average Bonchev–Trinajstić information content (AvgIpc) is 2.98. The fourth-order valence-corrected chi connectivity index (χ4v) is 3.01. The summed E-state index contributed by atoms with van der Waals surface area (Å²) in [7, 11) is 0. The van der Waals surface area contributed by atoms with Crippen LogP contribution >= 0.6 is 11.8 Å². The molecule has 0 aliphatic heterocycles. The van der Waals surface area contributed by atoms with Crippen LogP contribution in [0.3, 0.4) is 0 Å². The number of hydrogen-bond acceptors (Lipinski definition) is 6. The van der Waals surface area contributed by atoms with E-state index in [-0.39, 0.29) is 11.5 Å². The number of aromatic amines is 1. The minimum Gasteiger partial charge on any atom is -0.360 e. The molecule has 2 N–H and O–H groups in total. The summed E-state index contributed by atoms with van der Waals surface area (Å²) < 4.78 is 4.95. The summed E-state index contributed by atoms with van der Waals surface area (Å²) in [5.74, 6) is 0.655. The molecule has 1 atom stereocenters. The SMILES string of the molecule is Cc1cc(NC(=O)C(Sc2nccc(=O)[nH]2)c2ccccc2)no1. The van der Waals surface area contributed by atoms with Crippen LogP contribution in [-0.2, 0) is 4.79 Å². The van der Waals surface area contributed by atoms with Crippen LogP contribution in [0.25, 0.3) is 0 Å². The predicted molar refractivity (Wildman–Crippen MR) is 89.8 cm³/mol. The largest absolute Gasteiger partial charge is 0.360 e. The highest BCUT2D eigenvalue weighted by molar-refractivity contribution is 8.00. The second-order valence-corrected chi connectivity index (χ2v) is 6.05. The Kier molecular flexibility index (Phi) is 4.76. The van der Waals surface area contributed by atoms with Crippen LogP contribution in [0.5, 0.6) is 0 Å². The van der Waals surface area contributed by atoms with E-state index in [2.05, 4.69) is 20.4 Å². The number of thioether (sulfide) groups is 1. The van der Waals surface area contributed by atoms with Gasteiger partial charge in [0.2, 0.25) is 5.91 Å². The first-order chi connectivity index (χ1) is 11.6. The Morgan fingerprint density at radius 1 is 1.29 bits per heavy atom. The van der Waals surface area contributed by atoms with E-state index in [0.717, 1.165) is 17.3 Å². The van der Waals surface area contributed by atoms with Gasteiger partial charge in [0.1, 0.15) is 11.0 Å². The van der Waals surface area contributed by atoms with E-state index in [0.29, 0.717) is 16.7 Å². The number of benzene rings is 1. The number of carbonyl (C=O) groups excluding carboxylic acids is 1. The lowest BCUT2D eigenvalue weighted by atomic mass is 10.1. The third-order valence-electron chi connectivity index (χ3n) is 3.10. The first-order valence-corrected chi connectivity index (χ1v) is 8.01. The van der Waals surface area contributed by atoms with E-state index in [1.165, 1.54) is 12.3 Å². The van der Waals surface area contributed by atoms with Crippen LogP contribution in [0.1, 0.15) is 16.6 Å². The number of amides is 1. The molecule has 3 aromatic rings. The molecule has 0 saturated heterocycles. The molecule has 24 heavy (non-hydrogen) atoms. The number of nitrogens with one attached hydrogen (secondary N) is 2. The van der Waals surface area contributed by atoms with Crippen molar-refractivity contribution >= 4 is 23.5 Å². The van der Waals surface area contributed by atoms with Gasteiger partial charge in [-0.1, -0.05) is 47.3 Å². The van der Waals surface area contributed by atoms with Gasteiger partial charge >= 0.3 is 0 Å². The molecule has 122 valence electrons. The molecule has 2 heterocycles. The van der Waals surface area contributed by atoms with E-state index in [1.54, 1.807) is 13.0 Å². The van der Waals surface area contributed by atoms with E-state index in [4.69, 9.17) is 4.52 Å². The summed E-state index contributed by atoms with van der Waals surface area (Å²) >= 11 is 1.15. The molecular formula is C16H14N4O3S. The maximum absolute atomic E-state index is 12.7. The lowest BCUT2D eigenvalue weighted by Gasteiger charge is -2.15. The predicted octanol–water partition coefficient (Wildman–Crippen LogP) is 2.54. The molecule has 0 bridgehead atoms. The first-order valence-electron chi connectivity index (χ1n) is 7.13. The maximum atomic E-state index is 12.7. The Balaban J connectivity index is 1.87. The van der Waals surface area contributed by atoms with Gasteiger partial charge in [0, 0.05) is 18.3 Å². The second kappa shape index (κ2) is 7.14. The topological polar surface area (TPSA) is 101 Å². The highest BCUT2D eigenvalue weighted by Crippen LogP contribution is 2.33. The normalized spacial score (nSPS) is 11.9. The molecule has 0 fully saturated rings. The fourth-order valence-electron chi connectivity index (χ4n) is 2.04. The summed E-state index contributed by atoms with van der Waals surface area (Å²) in [4.78, 5) is 30.8. The fraction of sp³-hybridized carbons (Fsp3) is 0.125. The van der Waals surface area contributed by atoms with Crippen molar-refractivity contribution in [2.75, 3.05) is 5.32 Å². The Morgan fingerprint density at radius 2 is 2.08 bits per heavy atom. The van der Waals surface area contributed by atoms with E-state index in [1.807, 2.05) is 30.3 Å². The van der Waals surface area contributed by atoms with E-state index >= 15 is 0 Å². The Hall–Kier alpha value is -2.87. The van der Waals surface area contributed by atoms with Gasteiger partial charge in [0.15, 0.2) is 11.0 Å². The molecule has 2 aromatic heterocycles. The molecule has 1 amide bonds. The Morgan fingerprint density at radius 3 is 2.75 bits per heavy atom. The lowest BCUT2D eigenvalue weighted by molar-refractivity contribution is -0.115. The summed E-state index contributed by atoms with van der Waals surface area (Å²) in [6, 6.07) is 12.2. The lowest BCUT2D eigenvalue weighted by Crippen LogP contribution is -2.20. The van der Waals surface area contributed by atoms with Crippen molar-refractivity contribution in [2.24, 2.45) is 0 Å². The van der Waals surface area contributed by atoms with Crippen molar-refractivity contribution in [3.63, 3.8) is 0 Å². The van der Waals surface area contributed by atoms with Gasteiger partial charge in [0.05, 0.1) is 0 Å². The molecule has 0 radical (unpaired) electrons. The van der Waals surface area contributed by atoms with Crippen LogP contribution in [0.2, 0.25) is 0 Å². The number of rotatable bonds is 5. The number of aryl methyl sites for hydroxylation is 1. The molecule has 0 spiro atoms. The zero-order valence-electron chi connectivity index (χ0n) is 12.7. The Labute approximate surface area is 141 Å². The molecule has 0 aliphatic carbocycles. The summed E-state index contributed by atoms with van der Waals surface area (Å²) in [6.07, 6.45) is 1.40. The van der Waals surface area contributed by atoms with Crippen LogP contribution in [-0.4, -0.2) is 21.0 Å². The van der Waals surface area contributed by atoms with Crippen molar-refractivity contribution in [3.05, 3.63) is 70.3 Å². The second-order valence-electron chi connectivity index (χ2n) is 4.96. The standard InChI is InChI=1S/C16H14N4O3S/c1-10-9-12(20-23-10)18-15(22)14(11-5-3-2-4-6-11)24-16-17-8-7-13(21)19-16/h2-9,14H,1H3,(H,17,19,21)(H,18,20,22). The van der Waals surface area contributed by atoms with Crippen LogP contribution < -0.4 is 10.9 Å². The van der Waals surface area contributed by atoms with Crippen molar-refractivity contribution in [3.8, 4) is 0 Å². The number of anilines is 1. The van der Waals surface area contributed by atoms with Crippen molar-refractivity contribution in [1.29, 1.82) is 0 Å². The van der Waals surface area contributed by atoms with Crippen molar-refractivity contribution < 1.29 is 9.32 Å². The van der Waals surface area contributed by atoms with Gasteiger partial charge in [-0.05, 0) is 12.5 Å². The van der Waals surface area contributed by atoms with Crippen LogP contribution in [0.15, 0.2) is 63.1 Å². The molecule has 1 aromatic carbocycles. The van der Waals surface area contributed by atoms with Gasteiger partial charge in [-0.25, -0.2) is 4.98 Å². The van der Waals surface area contributed by atoms with Crippen LogP contribution in [0.4, 0.5) is 5.82 Å². The number of H-pyrrole nitrogens is 1. The molecular weight excluding hydrogens is 328 g/mol. The first kappa shape index (κ1) is 16.0. The van der Waals surface area contributed by atoms with Crippen molar-refractivity contribution in [2.45, 2.75) is 17.3 Å². The molecule has 0 saturated carbocycles. The smallest absolute Gasteiger partial charge is 0.251 e. The van der Waals surface area contributed by atoms with Gasteiger partial charge in [-0.3, -0.25) is 9.59 Å². The molecule has 0 aliphatic rings. The maximum Gasteiger partial charge on any atom is 0.251 e. The van der Waals surface area contributed by atoms with E-state index in [9.17, 15) is 9.59 Å². The van der Waals surface area contributed by atoms with Gasteiger partial charge in [-0.2, -0.15) is 0 Å². The molecule has 8 heteroatoms. The summed E-state index contributed by atoms with van der Waals surface area (Å²) in [6.45, 7) is 1.74. The number of nitrogens with zero attached hydrogens (tertiary/aromatic N) is 2. The van der Waals surface area contributed by atoms with E-state index < -0.39 is 5.25 Å². The minimum absolute atomic E-state index is 0.271. The third-order valence-corrected chi connectivity index (χ3v) is 4.25. The number of carbonyl (C=O) groups is 1. The minimum atomic E-state index is -0.603. The highest BCUT2D eigenvalue weighted by Gasteiger charge is 2.24. The third kappa shape index (κ3) is 3.90. The average molecular weight is 342 g/mol. The summed E-state index contributed by atoms with van der Waals surface area (Å²) in [5.41, 5.74) is 0.513. The monoisotopic (exact) mass is 342 g/mol. The quantitative estimate of drug-likeness (QED) is 0.546. The van der Waals surface area contributed by atoms with Crippen molar-refractivity contribution in [1.82, 2.24) is 15.1 Å². The number of hydrogen-bond donors (Lipinski definition) is 2. The molecule has 1 unspecified atom stereocenters. The summed E-state index contributed by atoms with van der Waals surface area (Å²) in [5, 5.41) is 6.24. The zero-order chi connectivity index (χ0) is 16.9.